The summed E-state index contributed by atoms with van der Waals surface area (Å²) in [6.07, 6.45) is 2.77. The third-order valence-electron chi connectivity index (χ3n) is 4.46. The van der Waals surface area contributed by atoms with Crippen LogP contribution in [0.3, 0.4) is 0 Å². The molecule has 1 aromatic carbocycles. The normalized spacial score (nSPS) is 26.6. The fourth-order valence-corrected chi connectivity index (χ4v) is 5.57. The molecule has 0 radical (unpaired) electrons. The van der Waals surface area contributed by atoms with E-state index in [2.05, 4.69) is 5.32 Å². The van der Waals surface area contributed by atoms with E-state index in [1.54, 1.807) is 16.4 Å². The van der Waals surface area contributed by atoms with Gasteiger partial charge >= 0.3 is 0 Å². The Morgan fingerprint density at radius 1 is 1.24 bits per heavy atom. The summed E-state index contributed by atoms with van der Waals surface area (Å²) in [5.41, 5.74) is 0.926. The summed E-state index contributed by atoms with van der Waals surface area (Å²) < 4.78 is 33.3. The zero-order chi connectivity index (χ0) is 15.0. The molecular formula is C15H22N2O3S. The Kier molecular flexibility index (Phi) is 3.94. The molecule has 2 saturated heterocycles. The van der Waals surface area contributed by atoms with Gasteiger partial charge in [-0.15, -0.1) is 0 Å². The molecule has 0 aromatic heterocycles. The number of fused-ring (bicyclic) bond motifs is 2. The quantitative estimate of drug-likeness (QED) is 0.919. The number of sulfonamides is 1. The molecule has 116 valence electrons. The molecule has 1 aromatic rings. The lowest BCUT2D eigenvalue weighted by Gasteiger charge is -2.27. The standard InChI is InChI=1S/C15H22N2O3S/c1-11-3-6-14(20-2)15(9-11)21(18,19)17-12-4-5-13(17)10-16-8-7-12/h3,6,9,12-13,16H,4-5,7-8,10H2,1-2H3. The van der Waals surface area contributed by atoms with Crippen molar-refractivity contribution in [2.24, 2.45) is 0 Å². The highest BCUT2D eigenvalue weighted by Crippen LogP contribution is 2.36. The molecule has 2 unspecified atom stereocenters. The SMILES string of the molecule is COc1ccc(C)cc1S(=O)(=O)N1C2CCNCC1CC2. The van der Waals surface area contributed by atoms with Gasteiger partial charge in [-0.05, 0) is 50.4 Å². The van der Waals surface area contributed by atoms with Crippen LogP contribution in [-0.4, -0.2) is 45.0 Å². The third-order valence-corrected chi connectivity index (χ3v) is 6.49. The molecular weight excluding hydrogens is 288 g/mol. The Morgan fingerprint density at radius 3 is 2.76 bits per heavy atom. The van der Waals surface area contributed by atoms with Crippen LogP contribution in [0.25, 0.3) is 0 Å². The molecule has 2 heterocycles. The first-order valence-electron chi connectivity index (χ1n) is 7.43. The molecule has 2 atom stereocenters. The minimum Gasteiger partial charge on any atom is -0.495 e. The molecule has 0 saturated carbocycles. The number of methoxy groups -OCH3 is 1. The Hall–Kier alpha value is -1.11. The molecule has 3 rings (SSSR count). The maximum Gasteiger partial charge on any atom is 0.247 e. The van der Waals surface area contributed by atoms with Crippen LogP contribution < -0.4 is 10.1 Å². The minimum absolute atomic E-state index is 0.0627. The van der Waals surface area contributed by atoms with Crippen molar-refractivity contribution in [2.75, 3.05) is 20.2 Å². The van der Waals surface area contributed by atoms with E-state index in [9.17, 15) is 8.42 Å². The number of nitrogens with zero attached hydrogens (tertiary/aromatic N) is 1. The maximum absolute atomic E-state index is 13.2. The molecule has 21 heavy (non-hydrogen) atoms. The first-order valence-corrected chi connectivity index (χ1v) is 8.87. The minimum atomic E-state index is -3.52. The Bertz CT molecular complexity index is 616. The average Bonchev–Trinajstić information content (AvgIpc) is 2.72. The number of benzene rings is 1. The molecule has 6 heteroatoms. The van der Waals surface area contributed by atoms with Crippen LogP contribution in [0.5, 0.6) is 5.75 Å². The first kappa shape index (κ1) is 14.8. The van der Waals surface area contributed by atoms with Crippen molar-refractivity contribution < 1.29 is 13.2 Å². The zero-order valence-corrected chi connectivity index (χ0v) is 13.3. The van der Waals surface area contributed by atoms with Crippen molar-refractivity contribution in [3.05, 3.63) is 23.8 Å². The molecule has 2 bridgehead atoms. The lowest BCUT2D eigenvalue weighted by Crippen LogP contribution is -2.42. The van der Waals surface area contributed by atoms with Crippen molar-refractivity contribution in [2.45, 2.75) is 43.2 Å². The Balaban J connectivity index is 2.06. The number of aryl methyl sites for hydroxylation is 1. The molecule has 0 spiro atoms. The average molecular weight is 310 g/mol. The van der Waals surface area contributed by atoms with E-state index in [1.165, 1.54) is 7.11 Å². The van der Waals surface area contributed by atoms with Crippen LogP contribution in [0, 0.1) is 6.92 Å². The van der Waals surface area contributed by atoms with Crippen LogP contribution in [0.15, 0.2) is 23.1 Å². The van der Waals surface area contributed by atoms with Crippen LogP contribution in [0.1, 0.15) is 24.8 Å². The van der Waals surface area contributed by atoms with Crippen molar-refractivity contribution in [1.82, 2.24) is 9.62 Å². The highest BCUT2D eigenvalue weighted by atomic mass is 32.2. The van der Waals surface area contributed by atoms with E-state index in [-0.39, 0.29) is 12.1 Å². The van der Waals surface area contributed by atoms with Gasteiger partial charge in [-0.3, -0.25) is 0 Å². The highest BCUT2D eigenvalue weighted by Gasteiger charge is 2.43. The summed E-state index contributed by atoms with van der Waals surface area (Å²) >= 11 is 0. The van der Waals surface area contributed by atoms with Gasteiger partial charge in [0, 0.05) is 18.6 Å². The second kappa shape index (κ2) is 5.59. The number of hydrogen-bond acceptors (Lipinski definition) is 4. The first-order chi connectivity index (χ1) is 10.0. The zero-order valence-electron chi connectivity index (χ0n) is 12.5. The fraction of sp³-hybridized carbons (Fsp3) is 0.600. The van der Waals surface area contributed by atoms with Gasteiger partial charge in [-0.1, -0.05) is 6.07 Å². The molecule has 2 fully saturated rings. The van der Waals surface area contributed by atoms with Gasteiger partial charge in [0.1, 0.15) is 10.6 Å². The molecule has 0 amide bonds. The number of ether oxygens (including phenoxy) is 1. The van der Waals surface area contributed by atoms with Crippen LogP contribution in [0.2, 0.25) is 0 Å². The second-order valence-electron chi connectivity index (χ2n) is 5.87. The summed E-state index contributed by atoms with van der Waals surface area (Å²) in [5, 5.41) is 3.33. The summed E-state index contributed by atoms with van der Waals surface area (Å²) in [5.74, 6) is 0.428. The monoisotopic (exact) mass is 310 g/mol. The van der Waals surface area contributed by atoms with E-state index in [0.717, 1.165) is 37.9 Å². The number of nitrogens with one attached hydrogen (secondary N) is 1. The van der Waals surface area contributed by atoms with E-state index >= 15 is 0 Å². The molecule has 2 aliphatic heterocycles. The lowest BCUT2D eigenvalue weighted by molar-refractivity contribution is 0.331. The van der Waals surface area contributed by atoms with Crippen molar-refractivity contribution in [3.63, 3.8) is 0 Å². The van der Waals surface area contributed by atoms with E-state index in [1.807, 2.05) is 13.0 Å². The topological polar surface area (TPSA) is 58.6 Å². The Morgan fingerprint density at radius 2 is 2.00 bits per heavy atom. The lowest BCUT2D eigenvalue weighted by atomic mass is 10.1. The van der Waals surface area contributed by atoms with Crippen LogP contribution in [-0.2, 0) is 10.0 Å². The fourth-order valence-electron chi connectivity index (χ4n) is 3.43. The molecule has 0 aliphatic carbocycles. The van der Waals surface area contributed by atoms with E-state index in [0.29, 0.717) is 10.6 Å². The smallest absolute Gasteiger partial charge is 0.247 e. The molecule has 2 aliphatic rings. The molecule has 1 N–H and O–H groups in total. The molecule has 5 nitrogen and oxygen atoms in total. The predicted octanol–water partition coefficient (Wildman–Crippen LogP) is 1.52. The maximum atomic E-state index is 13.2. The van der Waals surface area contributed by atoms with Gasteiger partial charge in [-0.25, -0.2) is 8.42 Å². The van der Waals surface area contributed by atoms with Gasteiger partial charge in [0.2, 0.25) is 10.0 Å². The van der Waals surface area contributed by atoms with Crippen LogP contribution >= 0.6 is 0 Å². The number of rotatable bonds is 3. The van der Waals surface area contributed by atoms with Gasteiger partial charge in [-0.2, -0.15) is 4.31 Å². The van der Waals surface area contributed by atoms with Crippen LogP contribution in [0.4, 0.5) is 0 Å². The largest absolute Gasteiger partial charge is 0.495 e. The van der Waals surface area contributed by atoms with Gasteiger partial charge in [0.25, 0.3) is 0 Å². The summed E-state index contributed by atoms with van der Waals surface area (Å²) in [6, 6.07) is 5.50. The third kappa shape index (κ3) is 2.56. The van der Waals surface area contributed by atoms with Crippen molar-refractivity contribution in [1.29, 1.82) is 0 Å². The predicted molar refractivity (Wildman–Crippen MR) is 81.1 cm³/mol. The number of hydrogen-bond donors (Lipinski definition) is 1. The summed E-state index contributed by atoms with van der Waals surface area (Å²) in [6.45, 7) is 3.53. The van der Waals surface area contributed by atoms with Gasteiger partial charge in [0.15, 0.2) is 0 Å². The van der Waals surface area contributed by atoms with Crippen molar-refractivity contribution >= 4 is 10.0 Å². The summed E-state index contributed by atoms with van der Waals surface area (Å²) in [7, 11) is -2.00. The van der Waals surface area contributed by atoms with Gasteiger partial charge < -0.3 is 10.1 Å². The Labute approximate surface area is 126 Å². The van der Waals surface area contributed by atoms with Crippen molar-refractivity contribution in [3.8, 4) is 5.75 Å². The van der Waals surface area contributed by atoms with E-state index < -0.39 is 10.0 Å². The van der Waals surface area contributed by atoms with Gasteiger partial charge in [0.05, 0.1) is 7.11 Å². The van der Waals surface area contributed by atoms with E-state index in [4.69, 9.17) is 4.74 Å². The summed E-state index contributed by atoms with van der Waals surface area (Å²) in [4.78, 5) is 0.295. The second-order valence-corrected chi connectivity index (χ2v) is 7.68. The highest BCUT2D eigenvalue weighted by molar-refractivity contribution is 7.89.